The highest BCUT2D eigenvalue weighted by Gasteiger charge is 2.20. The van der Waals surface area contributed by atoms with Gasteiger partial charge >= 0.3 is 0 Å². The Morgan fingerprint density at radius 1 is 1.40 bits per heavy atom. The van der Waals surface area contributed by atoms with E-state index in [-0.39, 0.29) is 5.91 Å². The lowest BCUT2D eigenvalue weighted by atomic mass is 10.4. The van der Waals surface area contributed by atoms with Crippen molar-refractivity contribution >= 4 is 29.3 Å². The van der Waals surface area contributed by atoms with E-state index in [1.807, 2.05) is 24.3 Å². The third-order valence-electron chi connectivity index (χ3n) is 3.03. The Labute approximate surface area is 129 Å². The van der Waals surface area contributed by atoms with Crippen LogP contribution in [0.15, 0.2) is 29.2 Å². The number of carbonyl (C=O) groups excluding carboxylic acids is 1. The molecular formula is C15H20ClNO2S. The Hall–Kier alpha value is -0.710. The summed E-state index contributed by atoms with van der Waals surface area (Å²) >= 11 is 7.49. The van der Waals surface area contributed by atoms with Crippen LogP contribution < -0.4 is 5.32 Å². The maximum atomic E-state index is 11.7. The first-order chi connectivity index (χ1) is 9.75. The topological polar surface area (TPSA) is 38.3 Å². The minimum Gasteiger partial charge on any atom is -0.381 e. The third kappa shape index (κ3) is 6.16. The van der Waals surface area contributed by atoms with Gasteiger partial charge in [-0.15, -0.1) is 11.8 Å². The van der Waals surface area contributed by atoms with Gasteiger partial charge in [-0.05, 0) is 37.3 Å². The summed E-state index contributed by atoms with van der Waals surface area (Å²) in [5.41, 5.74) is 0. The normalized spacial score (nSPS) is 14.2. The fourth-order valence-electron chi connectivity index (χ4n) is 1.69. The second kappa shape index (κ2) is 8.55. The average molecular weight is 314 g/mol. The van der Waals surface area contributed by atoms with Crippen molar-refractivity contribution in [3.05, 3.63) is 29.3 Å². The summed E-state index contributed by atoms with van der Waals surface area (Å²) in [5, 5.41) is 3.59. The molecule has 2 rings (SSSR count). The van der Waals surface area contributed by atoms with Gasteiger partial charge in [0.05, 0.1) is 10.8 Å². The summed E-state index contributed by atoms with van der Waals surface area (Å²) in [6.07, 6.45) is 3.50. The lowest BCUT2D eigenvalue weighted by Crippen LogP contribution is -2.26. The standard InChI is InChI=1S/C15H20ClNO2S/c16-13-4-1-2-5-14(13)20-11-15(18)17-8-3-9-19-10-12-6-7-12/h1-2,4-5,12H,3,6-11H2,(H,17,18). The van der Waals surface area contributed by atoms with Crippen LogP contribution in [0.4, 0.5) is 0 Å². The maximum Gasteiger partial charge on any atom is 0.230 e. The van der Waals surface area contributed by atoms with Crippen molar-refractivity contribution in [3.8, 4) is 0 Å². The minimum absolute atomic E-state index is 0.0390. The van der Waals surface area contributed by atoms with Gasteiger partial charge in [0.2, 0.25) is 5.91 Å². The van der Waals surface area contributed by atoms with Crippen molar-refractivity contribution in [3.63, 3.8) is 0 Å². The zero-order valence-electron chi connectivity index (χ0n) is 11.4. The average Bonchev–Trinajstić information content (AvgIpc) is 3.26. The van der Waals surface area contributed by atoms with Crippen LogP contribution in [-0.4, -0.2) is 31.4 Å². The SMILES string of the molecule is O=C(CSc1ccccc1Cl)NCCCOCC1CC1. The summed E-state index contributed by atoms with van der Waals surface area (Å²) in [7, 11) is 0. The predicted octanol–water partition coefficient (Wildman–Crippen LogP) is 3.37. The number of nitrogens with one attached hydrogen (secondary N) is 1. The van der Waals surface area contributed by atoms with Crippen molar-refractivity contribution in [1.82, 2.24) is 5.32 Å². The summed E-state index contributed by atoms with van der Waals surface area (Å²) < 4.78 is 5.51. The molecule has 0 unspecified atom stereocenters. The van der Waals surface area contributed by atoms with Gasteiger partial charge in [0.1, 0.15) is 0 Å². The molecule has 1 aliphatic carbocycles. The highest BCUT2D eigenvalue weighted by molar-refractivity contribution is 8.00. The van der Waals surface area contributed by atoms with E-state index in [4.69, 9.17) is 16.3 Å². The van der Waals surface area contributed by atoms with Crippen LogP contribution in [0.3, 0.4) is 0 Å². The third-order valence-corrected chi connectivity index (χ3v) is 4.55. The van der Waals surface area contributed by atoms with Gasteiger partial charge in [0.25, 0.3) is 0 Å². The van der Waals surface area contributed by atoms with Crippen LogP contribution in [0, 0.1) is 5.92 Å². The molecule has 0 heterocycles. The lowest BCUT2D eigenvalue weighted by Gasteiger charge is -2.06. The Morgan fingerprint density at radius 2 is 2.20 bits per heavy atom. The van der Waals surface area contributed by atoms with E-state index in [2.05, 4.69) is 5.32 Å². The van der Waals surface area contributed by atoms with Crippen molar-refractivity contribution < 1.29 is 9.53 Å². The number of rotatable bonds is 9. The highest BCUT2D eigenvalue weighted by atomic mass is 35.5. The predicted molar refractivity (Wildman–Crippen MR) is 83.3 cm³/mol. The molecule has 0 aliphatic heterocycles. The van der Waals surface area contributed by atoms with Gasteiger partial charge < -0.3 is 10.1 Å². The molecule has 0 saturated heterocycles. The quantitative estimate of drug-likeness (QED) is 0.561. The molecule has 1 aromatic carbocycles. The Bertz CT molecular complexity index is 438. The van der Waals surface area contributed by atoms with Crippen molar-refractivity contribution in [2.45, 2.75) is 24.2 Å². The molecule has 0 spiro atoms. The second-order valence-corrected chi connectivity index (χ2v) is 6.37. The van der Waals surface area contributed by atoms with Gasteiger partial charge in [-0.2, -0.15) is 0 Å². The number of ether oxygens (including phenoxy) is 1. The molecule has 5 heteroatoms. The van der Waals surface area contributed by atoms with E-state index in [9.17, 15) is 4.79 Å². The molecule has 1 saturated carbocycles. The summed E-state index contributed by atoms with van der Waals surface area (Å²) in [5.74, 6) is 1.24. The molecule has 1 N–H and O–H groups in total. The molecule has 1 amide bonds. The molecule has 110 valence electrons. The molecule has 0 atom stereocenters. The number of thioether (sulfide) groups is 1. The van der Waals surface area contributed by atoms with Gasteiger partial charge in [-0.1, -0.05) is 23.7 Å². The Balaban J connectivity index is 1.50. The number of carbonyl (C=O) groups is 1. The Kier molecular flexibility index (Phi) is 6.70. The van der Waals surface area contributed by atoms with E-state index < -0.39 is 0 Å². The first-order valence-electron chi connectivity index (χ1n) is 6.97. The molecule has 0 aromatic heterocycles. The number of hydrogen-bond donors (Lipinski definition) is 1. The zero-order valence-corrected chi connectivity index (χ0v) is 13.0. The molecule has 20 heavy (non-hydrogen) atoms. The van der Waals surface area contributed by atoms with Crippen molar-refractivity contribution in [2.24, 2.45) is 5.92 Å². The molecule has 0 bridgehead atoms. The first kappa shape index (κ1) is 15.7. The number of halogens is 1. The highest BCUT2D eigenvalue weighted by Crippen LogP contribution is 2.28. The van der Waals surface area contributed by atoms with Crippen LogP contribution in [0.25, 0.3) is 0 Å². The summed E-state index contributed by atoms with van der Waals surface area (Å²) in [6.45, 7) is 2.29. The van der Waals surface area contributed by atoms with Crippen LogP contribution in [0.2, 0.25) is 5.02 Å². The zero-order chi connectivity index (χ0) is 14.2. The molecular weight excluding hydrogens is 294 g/mol. The van der Waals surface area contributed by atoms with Gasteiger partial charge in [-0.25, -0.2) is 0 Å². The van der Waals surface area contributed by atoms with Crippen LogP contribution >= 0.6 is 23.4 Å². The largest absolute Gasteiger partial charge is 0.381 e. The van der Waals surface area contributed by atoms with E-state index in [1.54, 1.807) is 0 Å². The minimum atomic E-state index is 0.0390. The molecule has 1 aliphatic rings. The van der Waals surface area contributed by atoms with Crippen LogP contribution in [-0.2, 0) is 9.53 Å². The van der Waals surface area contributed by atoms with Gasteiger partial charge in [0.15, 0.2) is 0 Å². The van der Waals surface area contributed by atoms with Crippen molar-refractivity contribution in [1.29, 1.82) is 0 Å². The number of amides is 1. The van der Waals surface area contributed by atoms with E-state index in [0.29, 0.717) is 17.3 Å². The van der Waals surface area contributed by atoms with Crippen molar-refractivity contribution in [2.75, 3.05) is 25.5 Å². The molecule has 1 aromatic rings. The molecule has 1 fully saturated rings. The summed E-state index contributed by atoms with van der Waals surface area (Å²) in [4.78, 5) is 12.6. The lowest BCUT2D eigenvalue weighted by molar-refractivity contribution is -0.118. The summed E-state index contributed by atoms with van der Waals surface area (Å²) in [6, 6.07) is 7.56. The number of hydrogen-bond acceptors (Lipinski definition) is 3. The number of benzene rings is 1. The fraction of sp³-hybridized carbons (Fsp3) is 0.533. The van der Waals surface area contributed by atoms with Gasteiger partial charge in [0, 0.05) is 24.7 Å². The maximum absolute atomic E-state index is 11.7. The molecule has 3 nitrogen and oxygen atoms in total. The van der Waals surface area contributed by atoms with E-state index in [0.717, 1.165) is 30.4 Å². The molecule has 0 radical (unpaired) electrons. The van der Waals surface area contributed by atoms with E-state index in [1.165, 1.54) is 24.6 Å². The van der Waals surface area contributed by atoms with Crippen LogP contribution in [0.1, 0.15) is 19.3 Å². The Morgan fingerprint density at radius 3 is 2.95 bits per heavy atom. The fourth-order valence-corrected chi connectivity index (χ4v) is 2.76. The second-order valence-electron chi connectivity index (χ2n) is 4.94. The monoisotopic (exact) mass is 313 g/mol. The van der Waals surface area contributed by atoms with Crippen LogP contribution in [0.5, 0.6) is 0 Å². The first-order valence-corrected chi connectivity index (χ1v) is 8.34. The van der Waals surface area contributed by atoms with Gasteiger partial charge in [-0.3, -0.25) is 4.79 Å². The smallest absolute Gasteiger partial charge is 0.230 e. The van der Waals surface area contributed by atoms with E-state index >= 15 is 0 Å².